The molecule has 1 atom stereocenters. The minimum absolute atomic E-state index is 0.116. The lowest BCUT2D eigenvalue weighted by molar-refractivity contribution is 0.237. The van der Waals surface area contributed by atoms with E-state index in [1.54, 1.807) is 7.11 Å². The van der Waals surface area contributed by atoms with Gasteiger partial charge in [0.05, 0.1) is 20.3 Å². The SMILES string of the molecule is CCOc1cccc(CNC(CC)CO)c1OC. The van der Waals surface area contributed by atoms with Gasteiger partial charge in [-0.1, -0.05) is 19.1 Å². The van der Waals surface area contributed by atoms with Crippen LogP contribution in [0.3, 0.4) is 0 Å². The second-order valence-electron chi connectivity index (χ2n) is 4.05. The second kappa shape index (κ2) is 7.95. The minimum Gasteiger partial charge on any atom is -0.493 e. The van der Waals surface area contributed by atoms with E-state index in [0.29, 0.717) is 13.2 Å². The fourth-order valence-electron chi connectivity index (χ4n) is 1.79. The number of aliphatic hydroxyl groups excluding tert-OH is 1. The van der Waals surface area contributed by atoms with E-state index in [2.05, 4.69) is 5.32 Å². The highest BCUT2D eigenvalue weighted by molar-refractivity contribution is 5.46. The highest BCUT2D eigenvalue weighted by Gasteiger charge is 2.11. The van der Waals surface area contributed by atoms with Crippen LogP contribution < -0.4 is 14.8 Å². The molecule has 1 aromatic rings. The van der Waals surface area contributed by atoms with Gasteiger partial charge >= 0.3 is 0 Å². The lowest BCUT2D eigenvalue weighted by Crippen LogP contribution is -2.31. The molecule has 2 N–H and O–H groups in total. The van der Waals surface area contributed by atoms with Crippen molar-refractivity contribution in [2.45, 2.75) is 32.9 Å². The minimum atomic E-state index is 0.116. The molecule has 18 heavy (non-hydrogen) atoms. The third-order valence-electron chi connectivity index (χ3n) is 2.86. The fraction of sp³-hybridized carbons (Fsp3) is 0.571. The zero-order valence-corrected chi connectivity index (χ0v) is 11.4. The second-order valence-corrected chi connectivity index (χ2v) is 4.05. The first-order valence-corrected chi connectivity index (χ1v) is 6.39. The normalized spacial score (nSPS) is 12.2. The number of hydrogen-bond acceptors (Lipinski definition) is 4. The predicted molar refractivity (Wildman–Crippen MR) is 72.2 cm³/mol. The molecule has 0 saturated heterocycles. The van der Waals surface area contributed by atoms with Gasteiger partial charge in [-0.25, -0.2) is 0 Å². The molecule has 1 unspecified atom stereocenters. The Labute approximate surface area is 109 Å². The Morgan fingerprint density at radius 3 is 2.67 bits per heavy atom. The first-order valence-electron chi connectivity index (χ1n) is 6.39. The summed E-state index contributed by atoms with van der Waals surface area (Å²) in [5.41, 5.74) is 1.04. The number of nitrogens with one attached hydrogen (secondary N) is 1. The molecule has 0 spiro atoms. The maximum absolute atomic E-state index is 9.15. The Bertz CT molecular complexity index is 351. The first kappa shape index (κ1) is 14.8. The van der Waals surface area contributed by atoms with Crippen molar-refractivity contribution in [1.29, 1.82) is 0 Å². The average molecular weight is 253 g/mol. The number of benzene rings is 1. The highest BCUT2D eigenvalue weighted by atomic mass is 16.5. The van der Waals surface area contributed by atoms with E-state index in [1.807, 2.05) is 32.0 Å². The maximum Gasteiger partial charge on any atom is 0.165 e. The molecule has 102 valence electrons. The third-order valence-corrected chi connectivity index (χ3v) is 2.86. The Hall–Kier alpha value is -1.26. The molecule has 0 radical (unpaired) electrons. The summed E-state index contributed by atoms with van der Waals surface area (Å²) in [4.78, 5) is 0. The van der Waals surface area contributed by atoms with E-state index in [1.165, 1.54) is 0 Å². The van der Waals surface area contributed by atoms with Crippen molar-refractivity contribution in [3.8, 4) is 11.5 Å². The molecule has 1 rings (SSSR count). The summed E-state index contributed by atoms with van der Waals surface area (Å²) < 4.78 is 10.9. The standard InChI is InChI=1S/C14H23NO3/c1-4-12(10-16)15-9-11-7-6-8-13(18-5-2)14(11)17-3/h6-8,12,15-16H,4-5,9-10H2,1-3H3. The van der Waals surface area contributed by atoms with Crippen molar-refractivity contribution >= 4 is 0 Å². The summed E-state index contributed by atoms with van der Waals surface area (Å²) in [5.74, 6) is 1.52. The number of ether oxygens (including phenoxy) is 2. The quantitative estimate of drug-likeness (QED) is 0.743. The van der Waals surface area contributed by atoms with Crippen molar-refractivity contribution < 1.29 is 14.6 Å². The van der Waals surface area contributed by atoms with Gasteiger partial charge < -0.3 is 19.9 Å². The molecular formula is C14H23NO3. The van der Waals surface area contributed by atoms with Gasteiger partial charge in [-0.15, -0.1) is 0 Å². The van der Waals surface area contributed by atoms with Gasteiger partial charge in [0, 0.05) is 18.2 Å². The van der Waals surface area contributed by atoms with E-state index >= 15 is 0 Å². The van der Waals surface area contributed by atoms with E-state index in [4.69, 9.17) is 14.6 Å². The van der Waals surface area contributed by atoms with Crippen LogP contribution in [0.4, 0.5) is 0 Å². The van der Waals surface area contributed by atoms with E-state index in [-0.39, 0.29) is 12.6 Å². The lowest BCUT2D eigenvalue weighted by Gasteiger charge is -2.17. The van der Waals surface area contributed by atoms with E-state index in [9.17, 15) is 0 Å². The topological polar surface area (TPSA) is 50.7 Å². The lowest BCUT2D eigenvalue weighted by atomic mass is 10.1. The van der Waals surface area contributed by atoms with Crippen molar-refractivity contribution in [2.75, 3.05) is 20.3 Å². The van der Waals surface area contributed by atoms with Crippen LogP contribution in [0.25, 0.3) is 0 Å². The zero-order valence-electron chi connectivity index (χ0n) is 11.4. The van der Waals surface area contributed by atoms with Gasteiger partial charge in [-0.3, -0.25) is 0 Å². The largest absolute Gasteiger partial charge is 0.493 e. The summed E-state index contributed by atoms with van der Waals surface area (Å²) in [6.45, 7) is 5.40. The number of rotatable bonds is 8. The van der Waals surface area contributed by atoms with Crippen molar-refractivity contribution in [3.05, 3.63) is 23.8 Å². The highest BCUT2D eigenvalue weighted by Crippen LogP contribution is 2.30. The van der Waals surface area contributed by atoms with Crippen LogP contribution in [0, 0.1) is 0 Å². The monoisotopic (exact) mass is 253 g/mol. The number of methoxy groups -OCH3 is 1. The van der Waals surface area contributed by atoms with Crippen molar-refractivity contribution in [2.24, 2.45) is 0 Å². The van der Waals surface area contributed by atoms with Gasteiger partial charge in [0.15, 0.2) is 11.5 Å². The average Bonchev–Trinajstić information content (AvgIpc) is 2.40. The summed E-state index contributed by atoms with van der Waals surface area (Å²) in [6, 6.07) is 5.96. The van der Waals surface area contributed by atoms with Crippen LogP contribution in [0.2, 0.25) is 0 Å². The van der Waals surface area contributed by atoms with Crippen LogP contribution in [0.5, 0.6) is 11.5 Å². The Morgan fingerprint density at radius 2 is 2.11 bits per heavy atom. The van der Waals surface area contributed by atoms with Gasteiger partial charge in [0.25, 0.3) is 0 Å². The third kappa shape index (κ3) is 3.89. The number of hydrogen-bond donors (Lipinski definition) is 2. The van der Waals surface area contributed by atoms with Gasteiger partial charge in [0.2, 0.25) is 0 Å². The Kier molecular flexibility index (Phi) is 6.54. The molecule has 4 nitrogen and oxygen atoms in total. The van der Waals surface area contributed by atoms with E-state index < -0.39 is 0 Å². The molecule has 0 aliphatic rings. The summed E-state index contributed by atoms with van der Waals surface area (Å²) in [5, 5.41) is 12.4. The van der Waals surface area contributed by atoms with Crippen LogP contribution in [-0.2, 0) is 6.54 Å². The number of para-hydroxylation sites is 1. The molecule has 0 saturated carbocycles. The smallest absolute Gasteiger partial charge is 0.165 e. The summed E-state index contributed by atoms with van der Waals surface area (Å²) >= 11 is 0. The number of aliphatic hydroxyl groups is 1. The van der Waals surface area contributed by atoms with Crippen LogP contribution >= 0.6 is 0 Å². The van der Waals surface area contributed by atoms with Gasteiger partial charge in [-0.05, 0) is 19.4 Å². The van der Waals surface area contributed by atoms with Crippen molar-refractivity contribution in [3.63, 3.8) is 0 Å². The molecule has 0 fully saturated rings. The molecule has 0 bridgehead atoms. The molecule has 0 heterocycles. The fourth-order valence-corrected chi connectivity index (χ4v) is 1.79. The van der Waals surface area contributed by atoms with E-state index in [0.717, 1.165) is 23.5 Å². The van der Waals surface area contributed by atoms with Crippen LogP contribution in [-0.4, -0.2) is 31.5 Å². The Balaban J connectivity index is 2.78. The molecular weight excluding hydrogens is 230 g/mol. The molecule has 4 heteroatoms. The van der Waals surface area contributed by atoms with Crippen molar-refractivity contribution in [1.82, 2.24) is 5.32 Å². The molecule has 0 aliphatic heterocycles. The van der Waals surface area contributed by atoms with Crippen LogP contribution in [0.1, 0.15) is 25.8 Å². The zero-order chi connectivity index (χ0) is 13.4. The molecule has 0 aliphatic carbocycles. The van der Waals surface area contributed by atoms with Gasteiger partial charge in [-0.2, -0.15) is 0 Å². The molecule has 0 aromatic heterocycles. The summed E-state index contributed by atoms with van der Waals surface area (Å²) in [7, 11) is 1.64. The van der Waals surface area contributed by atoms with Crippen LogP contribution in [0.15, 0.2) is 18.2 Å². The van der Waals surface area contributed by atoms with Gasteiger partial charge in [0.1, 0.15) is 0 Å². The first-order chi connectivity index (χ1) is 8.76. The molecule has 0 amide bonds. The molecule has 1 aromatic carbocycles. The predicted octanol–water partition coefficient (Wildman–Crippen LogP) is 1.95. The maximum atomic E-state index is 9.15. The summed E-state index contributed by atoms with van der Waals surface area (Å²) in [6.07, 6.45) is 0.893. The Morgan fingerprint density at radius 1 is 1.33 bits per heavy atom.